The van der Waals surface area contributed by atoms with Crippen LogP contribution in [0.4, 0.5) is 0 Å². The van der Waals surface area contributed by atoms with E-state index in [0.29, 0.717) is 6.42 Å². The molecule has 1 aliphatic carbocycles. The maximum absolute atomic E-state index is 12.7. The summed E-state index contributed by atoms with van der Waals surface area (Å²) >= 11 is 0. The van der Waals surface area contributed by atoms with Crippen molar-refractivity contribution in [3.63, 3.8) is 0 Å². The highest BCUT2D eigenvalue weighted by molar-refractivity contribution is 5.98. The number of rotatable bonds is 2. The third-order valence-electron chi connectivity index (χ3n) is 5.38. The number of Topliss-reactive ketones (excluding diaryl/α,β-unsaturated/α-hetero) is 1. The molecule has 0 amide bonds. The van der Waals surface area contributed by atoms with Gasteiger partial charge in [0.25, 0.3) is 0 Å². The second-order valence-electron chi connectivity index (χ2n) is 6.67. The summed E-state index contributed by atoms with van der Waals surface area (Å²) in [6.45, 7) is 2.17. The van der Waals surface area contributed by atoms with Crippen LogP contribution in [0.1, 0.15) is 37.7 Å². The van der Waals surface area contributed by atoms with Crippen LogP contribution in [0, 0.1) is 5.92 Å². The fourth-order valence-corrected chi connectivity index (χ4v) is 4.36. The Bertz CT molecular complexity index is 670. The SMILES string of the molecule is COc1ccccc1C1C2=C(CCCC2=O)NC2NNC(C)C21. The number of hydrogen-bond acceptors (Lipinski definition) is 5. The summed E-state index contributed by atoms with van der Waals surface area (Å²) in [4.78, 5) is 12.7. The summed E-state index contributed by atoms with van der Waals surface area (Å²) in [6, 6.07) is 8.37. The van der Waals surface area contributed by atoms with Crippen LogP contribution in [0.2, 0.25) is 0 Å². The summed E-state index contributed by atoms with van der Waals surface area (Å²) in [6.07, 6.45) is 2.68. The Kier molecular flexibility index (Phi) is 3.62. The first-order chi connectivity index (χ1) is 11.2. The van der Waals surface area contributed by atoms with E-state index in [-0.39, 0.29) is 29.8 Å². The molecular formula is C18H23N3O2. The van der Waals surface area contributed by atoms with Crippen LogP contribution in [0.5, 0.6) is 5.75 Å². The van der Waals surface area contributed by atoms with E-state index in [1.165, 1.54) is 0 Å². The number of hydrazine groups is 1. The largest absolute Gasteiger partial charge is 0.496 e. The van der Waals surface area contributed by atoms with E-state index in [2.05, 4.69) is 29.2 Å². The highest BCUT2D eigenvalue weighted by Crippen LogP contribution is 2.47. The Labute approximate surface area is 136 Å². The molecule has 0 spiro atoms. The molecular weight excluding hydrogens is 290 g/mol. The van der Waals surface area contributed by atoms with E-state index in [0.717, 1.165) is 35.4 Å². The molecule has 3 aliphatic rings. The molecule has 2 aliphatic heterocycles. The number of allylic oxidation sites excluding steroid dienone is 2. The fourth-order valence-electron chi connectivity index (χ4n) is 4.36. The highest BCUT2D eigenvalue weighted by Gasteiger charge is 2.48. The molecule has 0 aromatic heterocycles. The van der Waals surface area contributed by atoms with E-state index < -0.39 is 0 Å². The minimum absolute atomic E-state index is 0.0673. The molecule has 4 rings (SSSR count). The second-order valence-corrected chi connectivity index (χ2v) is 6.67. The zero-order valence-electron chi connectivity index (χ0n) is 13.6. The van der Waals surface area contributed by atoms with Crippen LogP contribution in [0.3, 0.4) is 0 Å². The number of benzene rings is 1. The van der Waals surface area contributed by atoms with Gasteiger partial charge in [-0.15, -0.1) is 0 Å². The molecule has 5 nitrogen and oxygen atoms in total. The van der Waals surface area contributed by atoms with Gasteiger partial charge in [-0.25, -0.2) is 5.43 Å². The molecule has 0 saturated carbocycles. The van der Waals surface area contributed by atoms with E-state index in [1.54, 1.807) is 7.11 Å². The van der Waals surface area contributed by atoms with Gasteiger partial charge in [0, 0.05) is 41.1 Å². The van der Waals surface area contributed by atoms with Crippen LogP contribution in [0.15, 0.2) is 35.5 Å². The minimum atomic E-state index is 0.0673. The number of fused-ring (bicyclic) bond motifs is 1. The number of carbonyl (C=O) groups excluding carboxylic acids is 1. The lowest BCUT2D eigenvalue weighted by molar-refractivity contribution is -0.116. The van der Waals surface area contributed by atoms with Crippen molar-refractivity contribution in [1.82, 2.24) is 16.2 Å². The van der Waals surface area contributed by atoms with Gasteiger partial charge in [-0.05, 0) is 25.8 Å². The number of carbonyl (C=O) groups is 1. The number of nitrogens with one attached hydrogen (secondary N) is 3. The lowest BCUT2D eigenvalue weighted by atomic mass is 9.70. The molecule has 1 aromatic carbocycles. The molecule has 2 heterocycles. The van der Waals surface area contributed by atoms with Crippen molar-refractivity contribution in [2.24, 2.45) is 5.92 Å². The molecule has 1 saturated heterocycles. The molecule has 0 bridgehead atoms. The molecule has 4 unspecified atom stereocenters. The first-order valence-electron chi connectivity index (χ1n) is 8.37. The van der Waals surface area contributed by atoms with Gasteiger partial charge < -0.3 is 10.1 Å². The van der Waals surface area contributed by atoms with E-state index in [9.17, 15) is 4.79 Å². The standard InChI is InChI=1S/C18H23N3O2/c1-10-15-16(11-6-3-4-9-14(11)23-2)17-12(7-5-8-13(17)22)19-18(15)21-20-10/h3-4,6,9-10,15-16,18-21H,5,7-8H2,1-2H3. The van der Waals surface area contributed by atoms with Crippen LogP contribution in [-0.2, 0) is 4.79 Å². The zero-order valence-corrected chi connectivity index (χ0v) is 13.6. The molecule has 0 radical (unpaired) electrons. The Hall–Kier alpha value is -1.85. The maximum atomic E-state index is 12.7. The second kappa shape index (κ2) is 5.65. The van der Waals surface area contributed by atoms with Crippen molar-refractivity contribution in [3.8, 4) is 5.75 Å². The van der Waals surface area contributed by atoms with Gasteiger partial charge in [-0.2, -0.15) is 0 Å². The summed E-state index contributed by atoms with van der Waals surface area (Å²) < 4.78 is 5.60. The minimum Gasteiger partial charge on any atom is -0.496 e. The third kappa shape index (κ3) is 2.26. The maximum Gasteiger partial charge on any atom is 0.161 e. The van der Waals surface area contributed by atoms with Crippen molar-refractivity contribution in [3.05, 3.63) is 41.1 Å². The average molecular weight is 313 g/mol. The highest BCUT2D eigenvalue weighted by atomic mass is 16.5. The topological polar surface area (TPSA) is 62.4 Å². The number of hydrogen-bond donors (Lipinski definition) is 3. The summed E-state index contributed by atoms with van der Waals surface area (Å²) in [5.41, 5.74) is 9.88. The van der Waals surface area contributed by atoms with Gasteiger partial charge in [0.1, 0.15) is 5.75 Å². The van der Waals surface area contributed by atoms with Crippen LogP contribution in [0.25, 0.3) is 0 Å². The van der Waals surface area contributed by atoms with Crippen LogP contribution < -0.4 is 20.9 Å². The number of ketones is 1. The predicted octanol–water partition coefficient (Wildman–Crippen LogP) is 1.83. The van der Waals surface area contributed by atoms with Gasteiger partial charge in [0.05, 0.1) is 13.3 Å². The molecule has 1 aromatic rings. The first-order valence-corrected chi connectivity index (χ1v) is 8.37. The van der Waals surface area contributed by atoms with E-state index in [4.69, 9.17) is 4.74 Å². The quantitative estimate of drug-likeness (QED) is 0.777. The predicted molar refractivity (Wildman–Crippen MR) is 87.8 cm³/mol. The van der Waals surface area contributed by atoms with Gasteiger partial charge in [0.2, 0.25) is 0 Å². The van der Waals surface area contributed by atoms with Gasteiger partial charge >= 0.3 is 0 Å². The lowest BCUT2D eigenvalue weighted by Crippen LogP contribution is -2.50. The monoisotopic (exact) mass is 313 g/mol. The first kappa shape index (κ1) is 14.7. The zero-order chi connectivity index (χ0) is 16.0. The summed E-state index contributed by atoms with van der Waals surface area (Å²) in [5.74, 6) is 1.49. The van der Waals surface area contributed by atoms with E-state index in [1.807, 2.05) is 18.2 Å². The Balaban J connectivity index is 1.89. The van der Waals surface area contributed by atoms with Crippen molar-refractivity contribution in [2.45, 2.75) is 44.3 Å². The van der Waals surface area contributed by atoms with Crippen LogP contribution >= 0.6 is 0 Å². The smallest absolute Gasteiger partial charge is 0.161 e. The van der Waals surface area contributed by atoms with Gasteiger partial charge in [0.15, 0.2) is 5.78 Å². The van der Waals surface area contributed by atoms with Gasteiger partial charge in [-0.3, -0.25) is 10.2 Å². The molecule has 3 N–H and O–H groups in total. The Morgan fingerprint density at radius 3 is 2.83 bits per heavy atom. The molecule has 4 atom stereocenters. The molecule has 122 valence electrons. The Morgan fingerprint density at radius 1 is 1.17 bits per heavy atom. The normalized spacial score (nSPS) is 33.0. The molecule has 1 fully saturated rings. The lowest BCUT2D eigenvalue weighted by Gasteiger charge is -2.41. The Morgan fingerprint density at radius 2 is 2.00 bits per heavy atom. The summed E-state index contributed by atoms with van der Waals surface area (Å²) in [7, 11) is 1.70. The average Bonchev–Trinajstić information content (AvgIpc) is 2.94. The van der Waals surface area contributed by atoms with Crippen molar-refractivity contribution in [1.29, 1.82) is 0 Å². The number of methoxy groups -OCH3 is 1. The van der Waals surface area contributed by atoms with E-state index >= 15 is 0 Å². The van der Waals surface area contributed by atoms with Gasteiger partial charge in [-0.1, -0.05) is 18.2 Å². The van der Waals surface area contributed by atoms with Crippen LogP contribution in [-0.4, -0.2) is 25.1 Å². The third-order valence-corrected chi connectivity index (χ3v) is 5.38. The van der Waals surface area contributed by atoms with Crippen molar-refractivity contribution in [2.75, 3.05) is 7.11 Å². The summed E-state index contributed by atoms with van der Waals surface area (Å²) in [5, 5.41) is 3.56. The molecule has 23 heavy (non-hydrogen) atoms. The van der Waals surface area contributed by atoms with Crippen molar-refractivity contribution >= 4 is 5.78 Å². The fraction of sp³-hybridized carbons (Fsp3) is 0.500. The molecule has 5 heteroatoms. The number of para-hydroxylation sites is 1. The number of ether oxygens (including phenoxy) is 1. The van der Waals surface area contributed by atoms with Crippen molar-refractivity contribution < 1.29 is 9.53 Å².